The van der Waals surface area contributed by atoms with Crippen molar-refractivity contribution >= 4 is 42.3 Å². The van der Waals surface area contributed by atoms with Gasteiger partial charge in [0.1, 0.15) is 12.4 Å². The highest BCUT2D eigenvalue weighted by Gasteiger charge is 2.17. The van der Waals surface area contributed by atoms with Crippen LogP contribution in [0.1, 0.15) is 36.1 Å². The van der Waals surface area contributed by atoms with Crippen molar-refractivity contribution in [2.75, 3.05) is 24.3 Å². The lowest BCUT2D eigenvalue weighted by atomic mass is 9.84. The molecule has 0 saturated heterocycles. The highest BCUT2D eigenvalue weighted by atomic mass is 35.5. The summed E-state index contributed by atoms with van der Waals surface area (Å²) in [5.41, 5.74) is 10.8. The summed E-state index contributed by atoms with van der Waals surface area (Å²) >= 11 is 0. The summed E-state index contributed by atoms with van der Waals surface area (Å²) < 4.78 is 4.68. The number of carbonyl (C=O) groups is 1. The minimum absolute atomic E-state index is 0. The van der Waals surface area contributed by atoms with Gasteiger partial charge in [0.2, 0.25) is 0 Å². The average Bonchev–Trinajstić information content (AvgIpc) is 2.78. The molecule has 1 aromatic heterocycles. The summed E-state index contributed by atoms with van der Waals surface area (Å²) in [5.74, 6) is 0.607. The van der Waals surface area contributed by atoms with Gasteiger partial charge in [-0.2, -0.15) is 0 Å². The van der Waals surface area contributed by atoms with E-state index in [2.05, 4.69) is 80.1 Å². The number of nitrogens with zero attached hydrogens (tertiary/aromatic N) is 1. The molecule has 184 valence electrons. The fraction of sp³-hybridized carbons (Fsp3) is 0.333. The van der Waals surface area contributed by atoms with Crippen molar-refractivity contribution in [2.24, 2.45) is 0 Å². The first-order valence-corrected chi connectivity index (χ1v) is 11.0. The maximum Gasteiger partial charge on any atom is 0.325 e. The van der Waals surface area contributed by atoms with Gasteiger partial charge in [-0.15, -0.1) is 24.8 Å². The second-order valence-corrected chi connectivity index (χ2v) is 8.49. The van der Waals surface area contributed by atoms with Crippen molar-refractivity contribution in [1.82, 2.24) is 4.98 Å². The second kappa shape index (κ2) is 12.6. The Labute approximate surface area is 215 Å². The molecule has 0 aliphatic carbocycles. The number of benzene rings is 2. The van der Waals surface area contributed by atoms with Crippen molar-refractivity contribution in [2.45, 2.75) is 47.6 Å². The predicted molar refractivity (Wildman–Crippen MR) is 148 cm³/mol. The molecular weight excluding hydrogens is 469 g/mol. The first kappa shape index (κ1) is 29.3. The Bertz CT molecular complexity index is 1080. The molecule has 0 saturated carbocycles. The topological polar surface area (TPSA) is 63.2 Å². The fourth-order valence-electron chi connectivity index (χ4n) is 4.10. The van der Waals surface area contributed by atoms with Crippen LogP contribution in [-0.4, -0.2) is 30.6 Å². The summed E-state index contributed by atoms with van der Waals surface area (Å²) in [7, 11) is 1.39. The highest BCUT2D eigenvalue weighted by Crippen LogP contribution is 2.39. The van der Waals surface area contributed by atoms with Crippen LogP contribution in [0.25, 0.3) is 22.3 Å². The van der Waals surface area contributed by atoms with Gasteiger partial charge in [-0.05, 0) is 105 Å². The van der Waals surface area contributed by atoms with E-state index >= 15 is 0 Å². The molecule has 3 aromatic rings. The molecule has 0 atom stereocenters. The predicted octanol–water partition coefficient (Wildman–Crippen LogP) is 6.90. The molecule has 7 heteroatoms. The minimum Gasteiger partial charge on any atom is -0.468 e. The van der Waals surface area contributed by atoms with Crippen LogP contribution in [0.3, 0.4) is 0 Å². The van der Waals surface area contributed by atoms with E-state index in [-0.39, 0.29) is 37.3 Å². The number of esters is 1. The van der Waals surface area contributed by atoms with Crippen LogP contribution in [0.15, 0.2) is 42.6 Å². The highest BCUT2D eigenvalue weighted by molar-refractivity contribution is 5.86. The Hall–Kier alpha value is -2.76. The van der Waals surface area contributed by atoms with Gasteiger partial charge >= 0.3 is 5.97 Å². The molecule has 0 aliphatic heterocycles. The number of methoxy groups -OCH3 is 1. The van der Waals surface area contributed by atoms with Crippen LogP contribution in [0, 0.1) is 27.7 Å². The molecule has 0 radical (unpaired) electrons. The number of rotatable bonds is 7. The van der Waals surface area contributed by atoms with Crippen LogP contribution in [-0.2, 0) is 9.53 Å². The number of hydrogen-bond acceptors (Lipinski definition) is 5. The van der Waals surface area contributed by atoms with Gasteiger partial charge < -0.3 is 15.4 Å². The zero-order valence-corrected chi connectivity index (χ0v) is 22.5. The number of carbonyl (C=O) groups excluding carboxylic acids is 1. The van der Waals surface area contributed by atoms with Gasteiger partial charge in [0.05, 0.1) is 7.11 Å². The summed E-state index contributed by atoms with van der Waals surface area (Å²) in [6, 6.07) is 12.7. The standard InChI is InChI=1S/C27H33N3O2.2ClH/c1-16(2)30-24-13-10-22(14-29-24)27-19(5)17(3)26(18(4)20(27)6)21-8-11-23(12-9-21)28-15-25(31)32-7;;/h8-14,16,28H,15H2,1-7H3,(H,29,30);2*1H. The van der Waals surface area contributed by atoms with E-state index in [1.807, 2.05) is 24.4 Å². The summed E-state index contributed by atoms with van der Waals surface area (Å²) in [6.07, 6.45) is 1.96. The van der Waals surface area contributed by atoms with Gasteiger partial charge in [0.25, 0.3) is 0 Å². The summed E-state index contributed by atoms with van der Waals surface area (Å²) in [4.78, 5) is 16.0. The lowest BCUT2D eigenvalue weighted by Gasteiger charge is -2.21. The first-order valence-electron chi connectivity index (χ1n) is 11.0. The molecule has 0 amide bonds. The molecule has 0 unspecified atom stereocenters. The first-order chi connectivity index (χ1) is 15.2. The Balaban J connectivity index is 0.00000289. The van der Waals surface area contributed by atoms with Crippen LogP contribution in [0.4, 0.5) is 11.5 Å². The SMILES string of the molecule is COC(=O)CNc1ccc(-c2c(C)c(C)c(-c3ccc(NC(C)C)nc3)c(C)c2C)cc1.Cl.Cl. The van der Waals surface area contributed by atoms with E-state index in [1.54, 1.807) is 0 Å². The van der Waals surface area contributed by atoms with Crippen molar-refractivity contribution in [1.29, 1.82) is 0 Å². The van der Waals surface area contributed by atoms with Gasteiger partial charge in [-0.3, -0.25) is 4.79 Å². The molecule has 3 rings (SSSR count). The number of hydrogen-bond donors (Lipinski definition) is 2. The zero-order valence-electron chi connectivity index (χ0n) is 20.9. The number of halogens is 2. The van der Waals surface area contributed by atoms with E-state index in [4.69, 9.17) is 0 Å². The van der Waals surface area contributed by atoms with E-state index in [0.717, 1.165) is 22.6 Å². The average molecular weight is 505 g/mol. The Morgan fingerprint density at radius 3 is 1.79 bits per heavy atom. The van der Waals surface area contributed by atoms with Gasteiger partial charge in [0.15, 0.2) is 0 Å². The number of anilines is 2. The minimum atomic E-state index is -0.287. The lowest BCUT2D eigenvalue weighted by Crippen LogP contribution is -2.14. The Morgan fingerprint density at radius 1 is 0.853 bits per heavy atom. The molecule has 1 heterocycles. The molecule has 0 spiro atoms. The normalized spacial score (nSPS) is 10.2. The van der Waals surface area contributed by atoms with E-state index < -0.39 is 0 Å². The molecule has 0 bridgehead atoms. The number of pyridine rings is 1. The molecule has 2 aromatic carbocycles. The quantitative estimate of drug-likeness (QED) is 0.343. The largest absolute Gasteiger partial charge is 0.468 e. The smallest absolute Gasteiger partial charge is 0.325 e. The summed E-state index contributed by atoms with van der Waals surface area (Å²) in [5, 5.41) is 6.43. The van der Waals surface area contributed by atoms with Crippen LogP contribution in [0.5, 0.6) is 0 Å². The molecule has 0 aliphatic rings. The van der Waals surface area contributed by atoms with Gasteiger partial charge in [0, 0.05) is 23.5 Å². The molecule has 5 nitrogen and oxygen atoms in total. The second-order valence-electron chi connectivity index (χ2n) is 8.49. The van der Waals surface area contributed by atoms with Crippen molar-refractivity contribution in [3.05, 3.63) is 64.8 Å². The monoisotopic (exact) mass is 503 g/mol. The maximum atomic E-state index is 11.4. The fourth-order valence-corrected chi connectivity index (χ4v) is 4.10. The zero-order chi connectivity index (χ0) is 23.4. The molecule has 2 N–H and O–H groups in total. The molecule has 34 heavy (non-hydrogen) atoms. The van der Waals surface area contributed by atoms with Crippen LogP contribution < -0.4 is 10.6 Å². The summed E-state index contributed by atoms with van der Waals surface area (Å²) in [6.45, 7) is 13.1. The number of aromatic nitrogens is 1. The third kappa shape index (κ3) is 6.43. The Kier molecular flexibility index (Phi) is 10.9. The third-order valence-electron chi connectivity index (χ3n) is 5.95. The van der Waals surface area contributed by atoms with Crippen LogP contribution >= 0.6 is 24.8 Å². The molecule has 0 fully saturated rings. The van der Waals surface area contributed by atoms with E-state index in [0.29, 0.717) is 6.04 Å². The third-order valence-corrected chi connectivity index (χ3v) is 5.95. The van der Waals surface area contributed by atoms with Crippen LogP contribution in [0.2, 0.25) is 0 Å². The van der Waals surface area contributed by atoms with Gasteiger partial charge in [-0.25, -0.2) is 4.98 Å². The van der Waals surface area contributed by atoms with Crippen molar-refractivity contribution in [3.63, 3.8) is 0 Å². The van der Waals surface area contributed by atoms with Crippen molar-refractivity contribution in [3.8, 4) is 22.3 Å². The van der Waals surface area contributed by atoms with E-state index in [1.165, 1.54) is 40.5 Å². The van der Waals surface area contributed by atoms with Crippen molar-refractivity contribution < 1.29 is 9.53 Å². The number of nitrogens with one attached hydrogen (secondary N) is 2. The van der Waals surface area contributed by atoms with Gasteiger partial charge in [-0.1, -0.05) is 12.1 Å². The lowest BCUT2D eigenvalue weighted by molar-refractivity contribution is -0.138. The maximum absolute atomic E-state index is 11.4. The Morgan fingerprint density at radius 2 is 1.35 bits per heavy atom. The molecular formula is C27H35Cl2N3O2. The number of ether oxygens (including phenoxy) is 1. The van der Waals surface area contributed by atoms with E-state index in [9.17, 15) is 4.79 Å².